The molecule has 0 aliphatic heterocycles. The number of nitrogens with two attached hydrogens (primary N) is 1. The number of nitro groups is 1. The third-order valence-electron chi connectivity index (χ3n) is 2.85. The summed E-state index contributed by atoms with van der Waals surface area (Å²) >= 11 is 0. The summed E-state index contributed by atoms with van der Waals surface area (Å²) in [6, 6.07) is 6.31. The number of hydrogen-bond donors (Lipinski definition) is 2. The molecule has 6 heteroatoms. The fourth-order valence-electron chi connectivity index (χ4n) is 1.72. The summed E-state index contributed by atoms with van der Waals surface area (Å²) in [5.74, 6) is 0. The summed E-state index contributed by atoms with van der Waals surface area (Å²) < 4.78 is 0. The molecule has 0 amide bonds. The molecule has 0 unspecified atom stereocenters. The Hall–Kier alpha value is -2.63. The molecule has 0 saturated carbocycles. The van der Waals surface area contributed by atoms with Gasteiger partial charge in [-0.3, -0.25) is 15.1 Å². The van der Waals surface area contributed by atoms with Gasteiger partial charge in [0.1, 0.15) is 0 Å². The van der Waals surface area contributed by atoms with Gasteiger partial charge in [-0.1, -0.05) is 0 Å². The van der Waals surface area contributed by atoms with Crippen LogP contribution in [0.25, 0.3) is 0 Å². The number of pyridine rings is 1. The van der Waals surface area contributed by atoms with E-state index in [1.165, 1.54) is 12.1 Å². The number of aromatic nitrogens is 1. The number of nitro benzene ring substituents is 1. The van der Waals surface area contributed by atoms with Gasteiger partial charge in [0.15, 0.2) is 0 Å². The lowest BCUT2D eigenvalue weighted by molar-refractivity contribution is -0.384. The van der Waals surface area contributed by atoms with Gasteiger partial charge in [0, 0.05) is 31.1 Å². The van der Waals surface area contributed by atoms with Crippen molar-refractivity contribution in [3.8, 4) is 0 Å². The standard InChI is InChI=1S/C13H14N4O2/c1-9-7-15-5-4-10(9)8-16-13-3-2-11(17(18)19)6-12(13)14/h2-7,16H,8,14H2,1H3. The van der Waals surface area contributed by atoms with Gasteiger partial charge < -0.3 is 11.1 Å². The third kappa shape index (κ3) is 2.98. The smallest absolute Gasteiger partial charge is 0.271 e. The largest absolute Gasteiger partial charge is 0.397 e. The highest BCUT2D eigenvalue weighted by atomic mass is 16.6. The molecule has 1 aromatic heterocycles. The second kappa shape index (κ2) is 5.34. The number of nitrogens with one attached hydrogen (secondary N) is 1. The minimum Gasteiger partial charge on any atom is -0.397 e. The van der Waals surface area contributed by atoms with Crippen LogP contribution in [0.5, 0.6) is 0 Å². The molecule has 1 aromatic carbocycles. The monoisotopic (exact) mass is 258 g/mol. The van der Waals surface area contributed by atoms with Gasteiger partial charge in [0.25, 0.3) is 5.69 Å². The minimum atomic E-state index is -0.465. The van der Waals surface area contributed by atoms with Crippen LogP contribution in [0.1, 0.15) is 11.1 Å². The summed E-state index contributed by atoms with van der Waals surface area (Å²) in [7, 11) is 0. The lowest BCUT2D eigenvalue weighted by atomic mass is 10.1. The number of nitrogens with zero attached hydrogens (tertiary/aromatic N) is 2. The molecule has 3 N–H and O–H groups in total. The van der Waals surface area contributed by atoms with E-state index in [-0.39, 0.29) is 5.69 Å². The molecule has 98 valence electrons. The molecule has 0 atom stereocenters. The summed E-state index contributed by atoms with van der Waals surface area (Å²) in [6.07, 6.45) is 3.51. The van der Waals surface area contributed by atoms with Gasteiger partial charge in [-0.25, -0.2) is 0 Å². The molecule has 0 spiro atoms. The van der Waals surface area contributed by atoms with Crippen molar-refractivity contribution in [2.45, 2.75) is 13.5 Å². The fraction of sp³-hybridized carbons (Fsp3) is 0.154. The van der Waals surface area contributed by atoms with Crippen LogP contribution in [0.4, 0.5) is 17.1 Å². The van der Waals surface area contributed by atoms with Gasteiger partial charge in [-0.15, -0.1) is 0 Å². The molecule has 0 radical (unpaired) electrons. The molecule has 6 nitrogen and oxygen atoms in total. The van der Waals surface area contributed by atoms with E-state index in [2.05, 4.69) is 10.3 Å². The van der Waals surface area contributed by atoms with Gasteiger partial charge in [-0.2, -0.15) is 0 Å². The molecule has 0 aliphatic rings. The normalized spacial score (nSPS) is 10.2. The molecular formula is C13H14N4O2. The Morgan fingerprint density at radius 1 is 1.42 bits per heavy atom. The molecular weight excluding hydrogens is 244 g/mol. The van der Waals surface area contributed by atoms with Gasteiger partial charge >= 0.3 is 0 Å². The summed E-state index contributed by atoms with van der Waals surface area (Å²) in [5.41, 5.74) is 9.00. The van der Waals surface area contributed by atoms with Gasteiger partial charge in [0.2, 0.25) is 0 Å². The van der Waals surface area contributed by atoms with Crippen LogP contribution in [0.2, 0.25) is 0 Å². The Morgan fingerprint density at radius 2 is 2.21 bits per heavy atom. The molecule has 19 heavy (non-hydrogen) atoms. The number of aryl methyl sites for hydroxylation is 1. The zero-order chi connectivity index (χ0) is 13.8. The van der Waals surface area contributed by atoms with Crippen molar-refractivity contribution in [2.24, 2.45) is 0 Å². The first kappa shape index (κ1) is 12.8. The number of hydrogen-bond acceptors (Lipinski definition) is 5. The van der Waals surface area contributed by atoms with E-state index >= 15 is 0 Å². The van der Waals surface area contributed by atoms with Crippen molar-refractivity contribution in [3.63, 3.8) is 0 Å². The zero-order valence-electron chi connectivity index (χ0n) is 10.5. The summed E-state index contributed by atoms with van der Waals surface area (Å²) in [6.45, 7) is 2.57. The van der Waals surface area contributed by atoms with Crippen molar-refractivity contribution in [2.75, 3.05) is 11.1 Å². The highest BCUT2D eigenvalue weighted by Crippen LogP contribution is 2.24. The maximum atomic E-state index is 10.6. The van der Waals surface area contributed by atoms with Gasteiger partial charge in [-0.05, 0) is 30.2 Å². The first-order valence-electron chi connectivity index (χ1n) is 5.75. The first-order chi connectivity index (χ1) is 9.08. The van der Waals surface area contributed by atoms with Gasteiger partial charge in [0.05, 0.1) is 16.3 Å². The Balaban J connectivity index is 2.12. The van der Waals surface area contributed by atoms with Crippen LogP contribution in [-0.4, -0.2) is 9.91 Å². The Morgan fingerprint density at radius 3 is 2.84 bits per heavy atom. The van der Waals surface area contributed by atoms with Crippen molar-refractivity contribution in [1.29, 1.82) is 0 Å². The van der Waals surface area contributed by atoms with E-state index in [1.54, 1.807) is 18.5 Å². The van der Waals surface area contributed by atoms with Crippen LogP contribution < -0.4 is 11.1 Å². The van der Waals surface area contributed by atoms with Crippen molar-refractivity contribution < 1.29 is 4.92 Å². The van der Waals surface area contributed by atoms with E-state index in [0.717, 1.165) is 11.1 Å². The lowest BCUT2D eigenvalue weighted by Gasteiger charge is -2.10. The highest BCUT2D eigenvalue weighted by Gasteiger charge is 2.08. The van der Waals surface area contributed by atoms with E-state index in [9.17, 15) is 10.1 Å². The van der Waals surface area contributed by atoms with Crippen molar-refractivity contribution in [1.82, 2.24) is 4.98 Å². The Bertz CT molecular complexity index is 613. The summed E-state index contributed by atoms with van der Waals surface area (Å²) in [5, 5.41) is 13.8. The molecule has 2 rings (SSSR count). The maximum absolute atomic E-state index is 10.6. The van der Waals surface area contributed by atoms with Crippen LogP contribution in [0, 0.1) is 17.0 Å². The topological polar surface area (TPSA) is 94.1 Å². The maximum Gasteiger partial charge on any atom is 0.271 e. The predicted molar refractivity (Wildman–Crippen MR) is 73.8 cm³/mol. The second-order valence-corrected chi connectivity index (χ2v) is 4.18. The predicted octanol–water partition coefficient (Wildman–Crippen LogP) is 2.49. The SMILES string of the molecule is Cc1cnccc1CNc1ccc([N+](=O)[O-])cc1N. The van der Waals surface area contributed by atoms with Crippen LogP contribution in [-0.2, 0) is 6.54 Å². The first-order valence-corrected chi connectivity index (χ1v) is 5.75. The van der Waals surface area contributed by atoms with Crippen molar-refractivity contribution >= 4 is 17.1 Å². The lowest BCUT2D eigenvalue weighted by Crippen LogP contribution is -2.04. The third-order valence-corrected chi connectivity index (χ3v) is 2.85. The minimum absolute atomic E-state index is 0.0110. The second-order valence-electron chi connectivity index (χ2n) is 4.18. The number of non-ortho nitro benzene ring substituents is 1. The fourth-order valence-corrected chi connectivity index (χ4v) is 1.72. The Kier molecular flexibility index (Phi) is 3.61. The highest BCUT2D eigenvalue weighted by molar-refractivity contribution is 5.69. The molecule has 1 heterocycles. The molecule has 2 aromatic rings. The van der Waals surface area contributed by atoms with Crippen molar-refractivity contribution in [3.05, 3.63) is 57.9 Å². The zero-order valence-corrected chi connectivity index (χ0v) is 10.5. The summed E-state index contributed by atoms with van der Waals surface area (Å²) in [4.78, 5) is 14.2. The average Bonchev–Trinajstić information content (AvgIpc) is 2.39. The average molecular weight is 258 g/mol. The Labute approximate surface area is 110 Å². The van der Waals surface area contributed by atoms with E-state index in [4.69, 9.17) is 5.73 Å². The number of benzene rings is 1. The molecule has 0 fully saturated rings. The number of anilines is 2. The van der Waals surface area contributed by atoms with E-state index in [0.29, 0.717) is 17.9 Å². The van der Waals surface area contributed by atoms with Crippen LogP contribution in [0.15, 0.2) is 36.7 Å². The van der Waals surface area contributed by atoms with Crippen LogP contribution >= 0.6 is 0 Å². The van der Waals surface area contributed by atoms with E-state index in [1.807, 2.05) is 13.0 Å². The quantitative estimate of drug-likeness (QED) is 0.499. The molecule has 0 saturated heterocycles. The molecule has 0 aliphatic carbocycles. The van der Waals surface area contributed by atoms with E-state index < -0.39 is 4.92 Å². The number of nitrogen functional groups attached to an aromatic ring is 1. The van der Waals surface area contributed by atoms with Crippen LogP contribution in [0.3, 0.4) is 0 Å². The number of rotatable bonds is 4. The molecule has 0 bridgehead atoms.